The minimum absolute atomic E-state index is 0.0540. The molecule has 6 nitrogen and oxygen atoms in total. The molecule has 6 fully saturated rings. The van der Waals surface area contributed by atoms with E-state index in [1.165, 1.54) is 81.8 Å². The van der Waals surface area contributed by atoms with Crippen LogP contribution in [-0.2, 0) is 14.0 Å². The van der Waals surface area contributed by atoms with Crippen molar-refractivity contribution >= 4 is 14.3 Å². The first-order chi connectivity index (χ1) is 33.5. The Balaban J connectivity index is 0.000000274. The minimum Gasteiger partial charge on any atom is -0.460 e. The van der Waals surface area contributed by atoms with E-state index in [1.54, 1.807) is 11.1 Å². The van der Waals surface area contributed by atoms with Gasteiger partial charge in [-0.3, -0.25) is 4.79 Å². The first-order valence-corrected chi connectivity index (χ1v) is 32.5. The standard InChI is InChI=1S/C36H62O3Si.C29H48O3/c1-25-23-29(27(3)32(24-25)39-40(11,12)35(7,8)9)19-18-28-16-14-22-36(10)30(20-21-31(28)36)26(2)15-13-17-33(37)38-34(4,5)6;1-6-29(32,7-2)17-8-10-20(3)25-14-15-26-22(11-9-16-28(25,26)5)12-13-23-18-24(30)19-27(31)21(23)4/h18-19,25-26,30-32H,3,13-17,20-24H2,1-2,4-12H3;12-13,20,24-27,30-32H,4,6-11,14-19H2,1-3,5H3/b28-18+,29-19-;22-12+,23-13-/t25-,26+,30+,31-,32-,36+;20-,24+,25-,26+,27+,28-/m01/s1. The second-order valence-corrected chi connectivity index (χ2v) is 32.6. The summed E-state index contributed by atoms with van der Waals surface area (Å²) in [5.41, 5.74) is 7.53. The highest BCUT2D eigenvalue weighted by Gasteiger charge is 2.52. The second kappa shape index (κ2) is 25.0. The van der Waals surface area contributed by atoms with Crippen LogP contribution in [0.1, 0.15) is 231 Å². The molecule has 6 saturated carbocycles. The SMILES string of the molecule is C=C1/C(=C\C=C2/CCC[C@]3(C)[C@@H]([C@H](C)CCCC(=O)OC(C)(C)C)CC[C@@H]23)C[C@H](C)C[C@@H]1O[Si](C)(C)C(C)(C)C.C=C1/C(=C\C=C2/CCC[C@]3(C)[C@@H]([C@H](C)CCCC(O)(CC)CC)CC[C@@H]23)C[C@H](O)C[C@@H]1O. The molecule has 0 aromatic heterocycles. The maximum atomic E-state index is 12.2. The van der Waals surface area contributed by atoms with E-state index < -0.39 is 31.7 Å². The Morgan fingerprint density at radius 1 is 0.764 bits per heavy atom. The number of ether oxygens (including phenoxy) is 1. The fourth-order valence-corrected chi connectivity index (χ4v) is 16.3. The van der Waals surface area contributed by atoms with E-state index in [-0.39, 0.29) is 17.1 Å². The number of fused-ring (bicyclic) bond motifs is 2. The van der Waals surface area contributed by atoms with Gasteiger partial charge in [0.05, 0.1) is 23.9 Å². The van der Waals surface area contributed by atoms with Crippen molar-refractivity contribution in [2.45, 2.75) is 279 Å². The zero-order valence-electron chi connectivity index (χ0n) is 49.1. The predicted octanol–water partition coefficient (Wildman–Crippen LogP) is 17.1. The van der Waals surface area contributed by atoms with Crippen molar-refractivity contribution in [3.05, 3.63) is 70.9 Å². The van der Waals surface area contributed by atoms with E-state index >= 15 is 0 Å². The monoisotopic (exact) mass is 1010 g/mol. The van der Waals surface area contributed by atoms with Gasteiger partial charge in [0.15, 0.2) is 8.32 Å². The van der Waals surface area contributed by atoms with Gasteiger partial charge in [0.25, 0.3) is 0 Å². The number of carbonyl (C=O) groups excluding carboxylic acids is 1. The Bertz CT molecular complexity index is 1970. The average molecular weight is 1020 g/mol. The van der Waals surface area contributed by atoms with E-state index in [9.17, 15) is 20.1 Å². The number of allylic oxidation sites excluding steroid dienone is 6. The number of hydrogen-bond acceptors (Lipinski definition) is 6. The molecule has 3 N–H and O–H groups in total. The number of rotatable bonds is 16. The highest BCUT2D eigenvalue weighted by molar-refractivity contribution is 6.74. The Morgan fingerprint density at radius 3 is 1.75 bits per heavy atom. The maximum Gasteiger partial charge on any atom is 0.306 e. The topological polar surface area (TPSA) is 96.2 Å². The first-order valence-electron chi connectivity index (χ1n) is 29.6. The molecule has 0 unspecified atom stereocenters. The van der Waals surface area contributed by atoms with Crippen LogP contribution in [0.3, 0.4) is 0 Å². The summed E-state index contributed by atoms with van der Waals surface area (Å²) in [6.07, 6.45) is 32.0. The minimum atomic E-state index is -1.85. The van der Waals surface area contributed by atoms with Crippen molar-refractivity contribution in [3.63, 3.8) is 0 Å². The molecule has 6 rings (SSSR count). The van der Waals surface area contributed by atoms with Crippen molar-refractivity contribution in [1.82, 2.24) is 0 Å². The zero-order chi connectivity index (χ0) is 53.6. The summed E-state index contributed by atoms with van der Waals surface area (Å²) >= 11 is 0. The second-order valence-electron chi connectivity index (χ2n) is 27.9. The predicted molar refractivity (Wildman–Crippen MR) is 306 cm³/mol. The van der Waals surface area contributed by atoms with E-state index in [2.05, 4.69) is 120 Å². The maximum absolute atomic E-state index is 12.2. The molecule has 6 aliphatic carbocycles. The summed E-state index contributed by atoms with van der Waals surface area (Å²) in [4.78, 5) is 12.2. The van der Waals surface area contributed by atoms with Crippen molar-refractivity contribution in [3.8, 4) is 0 Å². The summed E-state index contributed by atoms with van der Waals surface area (Å²) < 4.78 is 12.4. The Morgan fingerprint density at radius 2 is 1.26 bits per heavy atom. The van der Waals surface area contributed by atoms with Gasteiger partial charge in [0.2, 0.25) is 0 Å². The van der Waals surface area contributed by atoms with Crippen LogP contribution >= 0.6 is 0 Å². The van der Waals surface area contributed by atoms with E-state index in [4.69, 9.17) is 9.16 Å². The molecule has 6 aliphatic rings. The van der Waals surface area contributed by atoms with Gasteiger partial charge < -0.3 is 24.5 Å². The highest BCUT2D eigenvalue weighted by Crippen LogP contribution is 2.61. The summed E-state index contributed by atoms with van der Waals surface area (Å²) in [5, 5.41) is 31.1. The normalized spacial score (nSPS) is 34.8. The van der Waals surface area contributed by atoms with Gasteiger partial charge in [-0.25, -0.2) is 0 Å². The molecule has 72 heavy (non-hydrogen) atoms. The number of aliphatic hydroxyl groups is 3. The first kappa shape index (κ1) is 60.8. The zero-order valence-corrected chi connectivity index (χ0v) is 50.1. The third-order valence-electron chi connectivity index (χ3n) is 20.5. The molecule has 410 valence electrons. The van der Waals surface area contributed by atoms with E-state index in [0.717, 1.165) is 74.3 Å². The van der Waals surface area contributed by atoms with E-state index in [0.29, 0.717) is 59.7 Å². The lowest BCUT2D eigenvalue weighted by molar-refractivity contribution is -0.155. The fourth-order valence-electron chi connectivity index (χ4n) is 15.0. The molecule has 0 aliphatic heterocycles. The van der Waals surface area contributed by atoms with Gasteiger partial charge in [-0.15, -0.1) is 0 Å². The smallest absolute Gasteiger partial charge is 0.306 e. The number of aliphatic hydroxyl groups excluding tert-OH is 2. The third-order valence-corrected chi connectivity index (χ3v) is 25.0. The van der Waals surface area contributed by atoms with Crippen molar-refractivity contribution in [2.24, 2.45) is 52.3 Å². The Labute approximate surface area is 443 Å². The van der Waals surface area contributed by atoms with Gasteiger partial charge >= 0.3 is 5.97 Å². The van der Waals surface area contributed by atoms with Gasteiger partial charge in [0.1, 0.15) is 5.60 Å². The fraction of sp³-hybridized carbons (Fsp3) is 0.800. The van der Waals surface area contributed by atoms with Crippen molar-refractivity contribution < 1.29 is 29.3 Å². The lowest BCUT2D eigenvalue weighted by atomic mass is 9.60. The molecule has 0 aromatic carbocycles. The Kier molecular flexibility index (Phi) is 21.1. The van der Waals surface area contributed by atoms with Crippen LogP contribution in [0.4, 0.5) is 0 Å². The number of esters is 1. The number of carbonyl (C=O) groups is 1. The molecule has 0 spiro atoms. The highest BCUT2D eigenvalue weighted by atomic mass is 28.4. The molecular weight excluding hydrogens is 905 g/mol. The lowest BCUT2D eigenvalue weighted by Gasteiger charge is -2.44. The molecule has 7 heteroatoms. The number of hydrogen-bond donors (Lipinski definition) is 3. The van der Waals surface area contributed by atoms with Crippen LogP contribution in [0, 0.1) is 52.3 Å². The molecule has 0 radical (unpaired) electrons. The van der Waals surface area contributed by atoms with Crippen molar-refractivity contribution in [2.75, 3.05) is 0 Å². The van der Waals surface area contributed by atoms with Crippen LogP contribution in [0.15, 0.2) is 70.9 Å². The van der Waals surface area contributed by atoms with Gasteiger partial charge in [-0.2, -0.15) is 0 Å². The summed E-state index contributed by atoms with van der Waals surface area (Å²) in [7, 11) is -1.85. The summed E-state index contributed by atoms with van der Waals surface area (Å²) in [6, 6.07) is 0. The van der Waals surface area contributed by atoms with Crippen LogP contribution < -0.4 is 0 Å². The largest absolute Gasteiger partial charge is 0.460 e. The lowest BCUT2D eigenvalue weighted by Crippen LogP contribution is -2.45. The third kappa shape index (κ3) is 15.1. The van der Waals surface area contributed by atoms with Crippen LogP contribution in [0.25, 0.3) is 0 Å². The molecule has 0 aromatic rings. The molecule has 12 atom stereocenters. The van der Waals surface area contributed by atoms with Crippen LogP contribution in [-0.4, -0.2) is 59.1 Å². The van der Waals surface area contributed by atoms with Crippen molar-refractivity contribution in [1.29, 1.82) is 0 Å². The van der Waals surface area contributed by atoms with E-state index in [1.807, 2.05) is 20.8 Å². The van der Waals surface area contributed by atoms with Gasteiger partial charge in [-0.1, -0.05) is 131 Å². The average Bonchev–Trinajstić information content (AvgIpc) is 3.84. The quantitative estimate of drug-likeness (QED) is 0.105. The molecule has 0 bridgehead atoms. The Hall–Kier alpha value is -2.03. The molecule has 0 saturated heterocycles. The molecular formula is C65H110O6Si. The van der Waals surface area contributed by atoms with Crippen LogP contribution in [0.2, 0.25) is 18.1 Å². The molecule has 0 amide bonds. The summed E-state index contributed by atoms with van der Waals surface area (Å²) in [5.74, 6) is 4.74. The van der Waals surface area contributed by atoms with Crippen LogP contribution in [0.5, 0.6) is 0 Å². The van der Waals surface area contributed by atoms with Gasteiger partial charge in [-0.05, 0) is 229 Å². The summed E-state index contributed by atoms with van der Waals surface area (Å²) in [6.45, 7) is 42.8. The van der Waals surface area contributed by atoms with Gasteiger partial charge in [0, 0.05) is 12.8 Å². The molecule has 0 heterocycles.